The highest BCUT2D eigenvalue weighted by Crippen LogP contribution is 2.22. The third-order valence-corrected chi connectivity index (χ3v) is 3.83. The minimum Gasteiger partial charge on any atom is -0.464 e. The first-order chi connectivity index (χ1) is 10.1. The van der Waals surface area contributed by atoms with Crippen LogP contribution in [0, 0.1) is 11.7 Å². The number of amides is 1. The van der Waals surface area contributed by atoms with Gasteiger partial charge in [0.25, 0.3) is 0 Å². The van der Waals surface area contributed by atoms with Crippen LogP contribution in [0.5, 0.6) is 0 Å². The molecule has 2 heterocycles. The van der Waals surface area contributed by atoms with Crippen molar-refractivity contribution in [3.05, 3.63) is 35.8 Å². The molecular weight excluding hydrogens is 311 g/mol. The van der Waals surface area contributed by atoms with Crippen LogP contribution in [-0.2, 0) is 11.2 Å². The van der Waals surface area contributed by atoms with Crippen molar-refractivity contribution < 1.29 is 18.7 Å². The number of carbonyl (C=O) groups excluding carboxylic acids is 1. The van der Waals surface area contributed by atoms with Gasteiger partial charge in [0.1, 0.15) is 11.4 Å². The molecule has 1 fully saturated rings. The summed E-state index contributed by atoms with van der Waals surface area (Å²) in [5.41, 5.74) is 1.17. The van der Waals surface area contributed by atoms with Gasteiger partial charge in [0, 0.05) is 42.6 Å². The molecule has 1 aromatic carbocycles. The lowest BCUT2D eigenvalue weighted by atomic mass is 10.1. The first kappa shape index (κ1) is 16.7. The van der Waals surface area contributed by atoms with Gasteiger partial charge in [-0.2, -0.15) is 0 Å². The Morgan fingerprint density at radius 3 is 3.00 bits per heavy atom. The fraction of sp³-hybridized carbons (Fsp3) is 0.400. The Morgan fingerprint density at radius 1 is 1.45 bits per heavy atom. The smallest absolute Gasteiger partial charge is 0.224 e. The minimum absolute atomic E-state index is 0. The molecule has 0 saturated carbocycles. The SMILES string of the molecule is Cl.O=C(Cc1coc2cc(F)ccc12)NCC1CNCC1O. The van der Waals surface area contributed by atoms with Gasteiger partial charge >= 0.3 is 0 Å². The number of benzene rings is 1. The predicted molar refractivity (Wildman–Crippen MR) is 82.5 cm³/mol. The fourth-order valence-corrected chi connectivity index (χ4v) is 2.60. The van der Waals surface area contributed by atoms with E-state index >= 15 is 0 Å². The highest BCUT2D eigenvalue weighted by atomic mass is 35.5. The number of aliphatic hydroxyl groups excluding tert-OH is 1. The van der Waals surface area contributed by atoms with Crippen molar-refractivity contribution in [2.45, 2.75) is 12.5 Å². The van der Waals surface area contributed by atoms with Crippen molar-refractivity contribution in [2.75, 3.05) is 19.6 Å². The van der Waals surface area contributed by atoms with Gasteiger partial charge in [-0.25, -0.2) is 4.39 Å². The number of aliphatic hydroxyl groups is 1. The van der Waals surface area contributed by atoms with Gasteiger partial charge in [0.15, 0.2) is 0 Å². The maximum atomic E-state index is 13.1. The molecule has 0 radical (unpaired) electrons. The van der Waals surface area contributed by atoms with Crippen LogP contribution in [0.2, 0.25) is 0 Å². The number of β-amino-alcohol motifs (C(OH)–C–C–N with tert-alkyl or cyclic N) is 1. The van der Waals surface area contributed by atoms with Crippen molar-refractivity contribution >= 4 is 29.3 Å². The van der Waals surface area contributed by atoms with E-state index in [-0.39, 0.29) is 36.5 Å². The predicted octanol–water partition coefficient (Wildman–Crippen LogP) is 1.23. The van der Waals surface area contributed by atoms with Crippen LogP contribution in [0.25, 0.3) is 11.0 Å². The Labute approximate surface area is 133 Å². The lowest BCUT2D eigenvalue weighted by Crippen LogP contribution is -2.35. The molecule has 22 heavy (non-hydrogen) atoms. The number of furan rings is 1. The molecule has 0 bridgehead atoms. The second-order valence-corrected chi connectivity index (χ2v) is 5.37. The van der Waals surface area contributed by atoms with Crippen LogP contribution in [0.1, 0.15) is 5.56 Å². The number of fused-ring (bicyclic) bond motifs is 1. The van der Waals surface area contributed by atoms with Crippen LogP contribution in [0.3, 0.4) is 0 Å². The largest absolute Gasteiger partial charge is 0.464 e. The van der Waals surface area contributed by atoms with E-state index in [1.807, 2.05) is 0 Å². The number of nitrogens with one attached hydrogen (secondary N) is 2. The van der Waals surface area contributed by atoms with Crippen LogP contribution < -0.4 is 10.6 Å². The van der Waals surface area contributed by atoms with Crippen LogP contribution in [0.4, 0.5) is 4.39 Å². The number of rotatable bonds is 4. The van der Waals surface area contributed by atoms with E-state index in [1.165, 1.54) is 18.4 Å². The van der Waals surface area contributed by atoms with Crippen molar-refractivity contribution in [1.82, 2.24) is 10.6 Å². The molecule has 3 rings (SSSR count). The maximum Gasteiger partial charge on any atom is 0.224 e. The molecule has 120 valence electrons. The number of hydrogen-bond acceptors (Lipinski definition) is 4. The molecule has 2 unspecified atom stereocenters. The first-order valence-corrected chi connectivity index (χ1v) is 6.94. The van der Waals surface area contributed by atoms with Crippen LogP contribution in [0.15, 0.2) is 28.9 Å². The zero-order valence-corrected chi connectivity index (χ0v) is 12.7. The molecule has 1 amide bonds. The minimum atomic E-state index is -0.414. The lowest BCUT2D eigenvalue weighted by molar-refractivity contribution is -0.120. The normalized spacial score (nSPS) is 20.8. The van der Waals surface area contributed by atoms with E-state index in [2.05, 4.69) is 10.6 Å². The van der Waals surface area contributed by atoms with Gasteiger partial charge in [-0.05, 0) is 12.1 Å². The zero-order chi connectivity index (χ0) is 14.8. The Balaban J connectivity index is 0.00000176. The van der Waals surface area contributed by atoms with Crippen molar-refractivity contribution in [3.63, 3.8) is 0 Å². The lowest BCUT2D eigenvalue weighted by Gasteiger charge is -2.13. The second-order valence-electron chi connectivity index (χ2n) is 5.37. The van der Waals surface area contributed by atoms with Crippen LogP contribution in [-0.4, -0.2) is 36.8 Å². The van der Waals surface area contributed by atoms with Gasteiger partial charge in [0.2, 0.25) is 5.91 Å². The Bertz CT molecular complexity index is 661. The summed E-state index contributed by atoms with van der Waals surface area (Å²) in [5.74, 6) is -0.458. The summed E-state index contributed by atoms with van der Waals surface area (Å²) < 4.78 is 18.3. The van der Waals surface area contributed by atoms with E-state index in [0.29, 0.717) is 25.2 Å². The van der Waals surface area contributed by atoms with Gasteiger partial charge in [-0.3, -0.25) is 4.79 Å². The highest BCUT2D eigenvalue weighted by molar-refractivity contribution is 5.87. The highest BCUT2D eigenvalue weighted by Gasteiger charge is 2.25. The molecule has 1 aromatic heterocycles. The van der Waals surface area contributed by atoms with E-state index in [1.54, 1.807) is 6.07 Å². The Hall–Kier alpha value is -1.63. The van der Waals surface area contributed by atoms with Gasteiger partial charge in [-0.15, -0.1) is 12.4 Å². The number of halogens is 2. The molecule has 0 aliphatic carbocycles. The van der Waals surface area contributed by atoms with Gasteiger partial charge in [-0.1, -0.05) is 0 Å². The fourth-order valence-electron chi connectivity index (χ4n) is 2.60. The summed E-state index contributed by atoms with van der Waals surface area (Å²) in [4.78, 5) is 12.0. The molecule has 1 aliphatic heterocycles. The summed E-state index contributed by atoms with van der Waals surface area (Å²) in [6, 6.07) is 4.26. The zero-order valence-electron chi connectivity index (χ0n) is 11.8. The third kappa shape index (κ3) is 3.58. The molecular formula is C15H18ClFN2O3. The molecule has 7 heteroatoms. The number of hydrogen-bond donors (Lipinski definition) is 3. The first-order valence-electron chi connectivity index (χ1n) is 6.94. The monoisotopic (exact) mass is 328 g/mol. The topological polar surface area (TPSA) is 74.5 Å². The van der Waals surface area contributed by atoms with Crippen molar-refractivity contribution in [2.24, 2.45) is 5.92 Å². The summed E-state index contributed by atoms with van der Waals surface area (Å²) >= 11 is 0. The van der Waals surface area contributed by atoms with E-state index in [4.69, 9.17) is 4.42 Å². The third-order valence-electron chi connectivity index (χ3n) is 3.83. The molecule has 5 nitrogen and oxygen atoms in total. The quantitative estimate of drug-likeness (QED) is 0.789. The summed E-state index contributed by atoms with van der Waals surface area (Å²) in [6.45, 7) is 1.71. The standard InChI is InChI=1S/C15H17FN2O3.ClH/c16-11-1-2-12-9(8-21-14(12)4-11)3-15(20)18-6-10-5-17-7-13(10)19;/h1-2,4,8,10,13,17,19H,3,5-7H2,(H,18,20);1H. The Morgan fingerprint density at radius 2 is 2.27 bits per heavy atom. The molecule has 1 saturated heterocycles. The van der Waals surface area contributed by atoms with E-state index in [9.17, 15) is 14.3 Å². The second kappa shape index (κ2) is 7.09. The van der Waals surface area contributed by atoms with Crippen molar-refractivity contribution in [3.8, 4) is 0 Å². The van der Waals surface area contributed by atoms with Gasteiger partial charge < -0.3 is 20.2 Å². The number of carbonyl (C=O) groups is 1. The van der Waals surface area contributed by atoms with E-state index in [0.717, 1.165) is 10.9 Å². The maximum absolute atomic E-state index is 13.1. The van der Waals surface area contributed by atoms with Crippen LogP contribution >= 0.6 is 12.4 Å². The van der Waals surface area contributed by atoms with Crippen molar-refractivity contribution in [1.29, 1.82) is 0 Å². The molecule has 0 spiro atoms. The van der Waals surface area contributed by atoms with E-state index < -0.39 is 6.10 Å². The summed E-state index contributed by atoms with van der Waals surface area (Å²) in [5, 5.41) is 16.3. The summed E-state index contributed by atoms with van der Waals surface area (Å²) in [6.07, 6.45) is 1.24. The molecule has 2 aromatic rings. The Kier molecular flexibility index (Phi) is 5.39. The molecule has 2 atom stereocenters. The van der Waals surface area contributed by atoms with Gasteiger partial charge in [0.05, 0.1) is 18.8 Å². The molecule has 3 N–H and O–H groups in total. The summed E-state index contributed by atoms with van der Waals surface area (Å²) in [7, 11) is 0. The molecule has 1 aliphatic rings. The average molecular weight is 329 g/mol. The average Bonchev–Trinajstić information content (AvgIpc) is 3.03.